The van der Waals surface area contributed by atoms with E-state index in [0.717, 1.165) is 11.8 Å². The number of alkyl halides is 3. The van der Waals surface area contributed by atoms with Gasteiger partial charge in [0.25, 0.3) is 5.91 Å². The Kier molecular flexibility index (Phi) is 6.20. The maximum absolute atomic E-state index is 12.6. The minimum absolute atomic E-state index is 0.172. The smallest absolute Gasteiger partial charge is 0.433 e. The summed E-state index contributed by atoms with van der Waals surface area (Å²) in [7, 11) is 1.31. The van der Waals surface area contributed by atoms with Gasteiger partial charge in [0.1, 0.15) is 5.69 Å². The average molecular weight is 387 g/mol. The predicted octanol–water partition coefficient (Wildman–Crippen LogP) is 4.11. The molecule has 9 heteroatoms. The minimum Gasteiger partial charge on any atom is -0.469 e. The van der Waals surface area contributed by atoms with Crippen LogP contribution >= 0.6 is 11.6 Å². The molecule has 138 valence electrons. The number of rotatable bonds is 5. The van der Waals surface area contributed by atoms with Crippen LogP contribution in [0.25, 0.3) is 0 Å². The topological polar surface area (TPSA) is 68.3 Å². The average Bonchev–Trinajstić information content (AvgIpc) is 2.59. The molecule has 0 atom stereocenters. The number of carbonyl (C=O) groups is 2. The number of ether oxygens (including phenoxy) is 1. The number of pyridine rings is 1. The molecule has 1 aromatic carbocycles. The first-order valence-corrected chi connectivity index (χ1v) is 7.78. The minimum atomic E-state index is -4.64. The summed E-state index contributed by atoms with van der Waals surface area (Å²) in [4.78, 5) is 26.5. The normalized spacial score (nSPS) is 11.1. The molecule has 0 bridgehead atoms. The zero-order chi connectivity index (χ0) is 19.3. The molecule has 0 aliphatic rings. The fourth-order valence-corrected chi connectivity index (χ4v) is 2.29. The fraction of sp³-hybridized carbons (Fsp3) is 0.235. The summed E-state index contributed by atoms with van der Waals surface area (Å²) in [6.07, 6.45) is -3.14. The van der Waals surface area contributed by atoms with Crippen LogP contribution in [-0.4, -0.2) is 24.0 Å². The Morgan fingerprint density at radius 1 is 1.23 bits per heavy atom. The Hall–Kier alpha value is -2.61. The molecule has 5 nitrogen and oxygen atoms in total. The van der Waals surface area contributed by atoms with Gasteiger partial charge in [0.2, 0.25) is 0 Å². The molecule has 26 heavy (non-hydrogen) atoms. The molecule has 1 N–H and O–H groups in total. The zero-order valence-corrected chi connectivity index (χ0v) is 14.3. The van der Waals surface area contributed by atoms with Crippen molar-refractivity contribution in [3.8, 4) is 0 Å². The van der Waals surface area contributed by atoms with Crippen molar-refractivity contribution in [1.82, 2.24) is 4.98 Å². The Morgan fingerprint density at radius 3 is 2.42 bits per heavy atom. The van der Waals surface area contributed by atoms with Gasteiger partial charge in [-0.2, -0.15) is 13.2 Å². The maximum Gasteiger partial charge on any atom is 0.433 e. The predicted molar refractivity (Wildman–Crippen MR) is 89.0 cm³/mol. The number of hydrogen-bond acceptors (Lipinski definition) is 4. The molecule has 0 radical (unpaired) electrons. The highest BCUT2D eigenvalue weighted by Crippen LogP contribution is 2.30. The number of benzene rings is 1. The number of aromatic nitrogens is 1. The molecule has 0 aliphatic heterocycles. The summed E-state index contributed by atoms with van der Waals surface area (Å²) in [5, 5.41) is 2.18. The first-order chi connectivity index (χ1) is 12.2. The number of carbonyl (C=O) groups excluding carboxylic acids is 2. The molecule has 0 saturated heterocycles. The maximum atomic E-state index is 12.6. The van der Waals surface area contributed by atoms with Crippen molar-refractivity contribution in [1.29, 1.82) is 0 Å². The number of aryl methyl sites for hydroxylation is 1. The molecule has 0 saturated carbocycles. The molecule has 2 rings (SSSR count). The van der Waals surface area contributed by atoms with Gasteiger partial charge in [0.05, 0.1) is 17.7 Å². The van der Waals surface area contributed by atoms with Crippen LogP contribution in [0.15, 0.2) is 36.5 Å². The fourth-order valence-electron chi connectivity index (χ4n) is 2.05. The molecule has 0 aliphatic carbocycles. The van der Waals surface area contributed by atoms with Crippen molar-refractivity contribution >= 4 is 29.2 Å². The Morgan fingerprint density at radius 2 is 1.88 bits per heavy atom. The van der Waals surface area contributed by atoms with Gasteiger partial charge in [0, 0.05) is 18.3 Å². The number of nitrogens with one attached hydrogen (secondary N) is 1. The number of esters is 1. The molecular formula is C17H14ClF3N2O3. The molecule has 1 heterocycles. The van der Waals surface area contributed by atoms with E-state index >= 15 is 0 Å². The third-order valence-corrected chi connectivity index (χ3v) is 3.76. The van der Waals surface area contributed by atoms with Gasteiger partial charge in [0.15, 0.2) is 0 Å². The Bertz CT molecular complexity index is 808. The third-order valence-electron chi connectivity index (χ3n) is 3.45. The van der Waals surface area contributed by atoms with Gasteiger partial charge in [-0.15, -0.1) is 0 Å². The van der Waals surface area contributed by atoms with Gasteiger partial charge in [-0.25, -0.2) is 0 Å². The summed E-state index contributed by atoms with van der Waals surface area (Å²) in [6, 6.07) is 7.24. The van der Waals surface area contributed by atoms with Crippen LogP contribution in [0.3, 0.4) is 0 Å². The van der Waals surface area contributed by atoms with E-state index in [1.165, 1.54) is 7.11 Å². The van der Waals surface area contributed by atoms with Gasteiger partial charge in [-0.1, -0.05) is 23.7 Å². The number of methoxy groups -OCH3 is 1. The van der Waals surface area contributed by atoms with Crippen molar-refractivity contribution in [2.45, 2.75) is 19.0 Å². The van der Waals surface area contributed by atoms with Crippen molar-refractivity contribution in [2.24, 2.45) is 0 Å². The van der Waals surface area contributed by atoms with Crippen LogP contribution in [0.4, 0.5) is 18.9 Å². The second-order valence-electron chi connectivity index (χ2n) is 5.27. The van der Waals surface area contributed by atoms with Crippen molar-refractivity contribution in [3.63, 3.8) is 0 Å². The summed E-state index contributed by atoms with van der Waals surface area (Å²) in [6.45, 7) is 0. The lowest BCUT2D eigenvalue weighted by atomic mass is 10.1. The highest BCUT2D eigenvalue weighted by atomic mass is 35.5. The lowest BCUT2D eigenvalue weighted by Crippen LogP contribution is -2.15. The molecule has 1 aromatic heterocycles. The lowest BCUT2D eigenvalue weighted by Gasteiger charge is -2.10. The zero-order valence-electron chi connectivity index (χ0n) is 13.6. The number of halogens is 4. The van der Waals surface area contributed by atoms with Crippen LogP contribution in [0.2, 0.25) is 5.02 Å². The van der Waals surface area contributed by atoms with Crippen LogP contribution < -0.4 is 5.32 Å². The van der Waals surface area contributed by atoms with Gasteiger partial charge >= 0.3 is 12.1 Å². The highest BCUT2D eigenvalue weighted by molar-refractivity contribution is 6.34. The van der Waals surface area contributed by atoms with Crippen molar-refractivity contribution < 1.29 is 27.5 Å². The van der Waals surface area contributed by atoms with E-state index < -0.39 is 17.8 Å². The van der Waals surface area contributed by atoms with E-state index in [0.29, 0.717) is 18.2 Å². The van der Waals surface area contributed by atoms with E-state index in [2.05, 4.69) is 15.0 Å². The second-order valence-corrected chi connectivity index (χ2v) is 5.68. The van der Waals surface area contributed by atoms with Crippen molar-refractivity contribution in [3.05, 3.63) is 58.4 Å². The molecule has 0 fully saturated rings. The van der Waals surface area contributed by atoms with E-state index in [1.807, 2.05) is 0 Å². The molecule has 1 amide bonds. The monoisotopic (exact) mass is 386 g/mol. The lowest BCUT2D eigenvalue weighted by molar-refractivity contribution is -0.141. The molecule has 0 unspecified atom stereocenters. The number of nitrogens with zero attached hydrogens (tertiary/aromatic N) is 1. The number of amides is 1. The Labute approximate surface area is 152 Å². The van der Waals surface area contributed by atoms with E-state index in [9.17, 15) is 22.8 Å². The number of anilines is 1. The molecule has 0 spiro atoms. The van der Waals surface area contributed by atoms with E-state index in [1.54, 1.807) is 24.3 Å². The summed E-state index contributed by atoms with van der Waals surface area (Å²) < 4.78 is 42.3. The summed E-state index contributed by atoms with van der Waals surface area (Å²) in [5.74, 6) is -1.01. The van der Waals surface area contributed by atoms with Crippen LogP contribution in [0.1, 0.15) is 28.0 Å². The third kappa shape index (κ3) is 5.19. The van der Waals surface area contributed by atoms with E-state index in [4.69, 9.17) is 11.6 Å². The first-order valence-electron chi connectivity index (χ1n) is 7.40. The first kappa shape index (κ1) is 19.7. The SMILES string of the molecule is COC(=O)CCc1ccc(NC(=O)c2cnc(C(F)(F)F)cc2Cl)cc1. The van der Waals surface area contributed by atoms with Crippen LogP contribution in [0.5, 0.6) is 0 Å². The summed E-state index contributed by atoms with van der Waals surface area (Å²) in [5.41, 5.74) is -0.0566. The summed E-state index contributed by atoms with van der Waals surface area (Å²) >= 11 is 5.76. The standard InChI is InChI=1S/C17H14ClF3N2O3/c1-26-15(24)7-4-10-2-5-11(6-3-10)23-16(25)12-9-22-14(8-13(12)18)17(19,20)21/h2-3,5-6,8-9H,4,7H2,1H3,(H,23,25). The Balaban J connectivity index is 2.04. The number of hydrogen-bond donors (Lipinski definition) is 1. The highest BCUT2D eigenvalue weighted by Gasteiger charge is 2.33. The van der Waals surface area contributed by atoms with Crippen LogP contribution in [-0.2, 0) is 22.1 Å². The van der Waals surface area contributed by atoms with E-state index in [-0.39, 0.29) is 23.0 Å². The molecular weight excluding hydrogens is 373 g/mol. The largest absolute Gasteiger partial charge is 0.469 e. The second kappa shape index (κ2) is 8.18. The van der Waals surface area contributed by atoms with Gasteiger partial charge in [-0.05, 0) is 30.2 Å². The van der Waals surface area contributed by atoms with Crippen LogP contribution in [0, 0.1) is 0 Å². The quantitative estimate of drug-likeness (QED) is 0.785. The molecule has 2 aromatic rings. The van der Waals surface area contributed by atoms with Crippen molar-refractivity contribution in [2.75, 3.05) is 12.4 Å². The van der Waals surface area contributed by atoms with Gasteiger partial charge in [-0.3, -0.25) is 14.6 Å². The van der Waals surface area contributed by atoms with Gasteiger partial charge < -0.3 is 10.1 Å².